The summed E-state index contributed by atoms with van der Waals surface area (Å²) in [5.41, 5.74) is 0.684. The van der Waals surface area contributed by atoms with Crippen molar-refractivity contribution in [3.63, 3.8) is 0 Å². The average molecular weight is 561 g/mol. The van der Waals surface area contributed by atoms with Crippen molar-refractivity contribution in [3.05, 3.63) is 57.6 Å². The molecule has 0 unspecified atom stereocenters. The molecule has 2 aromatic rings. The second kappa shape index (κ2) is 14.5. The number of nitrogens with one attached hydrogen (secondary N) is 1. The maximum absolute atomic E-state index is 13.0. The molecule has 1 fully saturated rings. The molecular formula is C25H32Cl3N3O5. The number of carbonyl (C=O) groups is 2. The maximum atomic E-state index is 13.0. The molecule has 1 atom stereocenters. The predicted octanol–water partition coefficient (Wildman–Crippen LogP) is 3.65. The topological polar surface area (TPSA) is 91.3 Å². The number of carbonyl (C=O) groups excluding carboxylic acids is 2. The third-order valence-corrected chi connectivity index (χ3v) is 6.44. The zero-order valence-corrected chi connectivity index (χ0v) is 22.7. The Balaban J connectivity index is 0.00000456. The Bertz CT molecular complexity index is 1020. The number of likely N-dealkylation sites (N-methyl/N-ethyl adjacent to an activating group) is 1. The molecule has 11 heteroatoms. The summed E-state index contributed by atoms with van der Waals surface area (Å²) in [5, 5.41) is 13.2. The molecule has 0 saturated carbocycles. The number of rotatable bonds is 10. The Hall–Kier alpha value is -2.23. The van der Waals surface area contributed by atoms with E-state index in [4.69, 9.17) is 32.7 Å². The van der Waals surface area contributed by atoms with Gasteiger partial charge in [0, 0.05) is 39.1 Å². The van der Waals surface area contributed by atoms with Gasteiger partial charge in [-0.25, -0.2) is 4.79 Å². The number of nitrogens with zero attached hydrogens (tertiary/aromatic N) is 2. The Labute approximate surface area is 227 Å². The number of phenols is 1. The highest BCUT2D eigenvalue weighted by molar-refractivity contribution is 6.39. The number of phenolic OH excluding ortho intramolecular Hbond substituents is 1. The number of benzene rings is 2. The van der Waals surface area contributed by atoms with Crippen molar-refractivity contribution in [1.82, 2.24) is 15.1 Å². The van der Waals surface area contributed by atoms with Crippen LogP contribution in [-0.4, -0.2) is 85.8 Å². The van der Waals surface area contributed by atoms with Crippen molar-refractivity contribution in [1.29, 1.82) is 0 Å². The fourth-order valence-electron chi connectivity index (χ4n) is 3.77. The Kier molecular flexibility index (Phi) is 12.1. The minimum absolute atomic E-state index is 0. The molecule has 1 aliphatic rings. The van der Waals surface area contributed by atoms with Crippen LogP contribution in [0.1, 0.15) is 22.8 Å². The molecule has 2 aromatic carbocycles. The Morgan fingerprint density at radius 2 is 1.81 bits per heavy atom. The molecule has 0 aliphatic carbocycles. The fraction of sp³-hybridized carbons (Fsp3) is 0.440. The van der Waals surface area contributed by atoms with E-state index in [-0.39, 0.29) is 46.8 Å². The first-order valence-corrected chi connectivity index (χ1v) is 12.3. The summed E-state index contributed by atoms with van der Waals surface area (Å²) in [7, 11) is 2.09. The van der Waals surface area contributed by atoms with E-state index in [1.165, 1.54) is 6.07 Å². The second-order valence-electron chi connectivity index (χ2n) is 8.36. The predicted molar refractivity (Wildman–Crippen MR) is 143 cm³/mol. The lowest BCUT2D eigenvalue weighted by Gasteiger charge is -2.32. The second-order valence-corrected chi connectivity index (χ2v) is 9.14. The van der Waals surface area contributed by atoms with E-state index in [1.807, 2.05) is 30.3 Å². The first-order valence-electron chi connectivity index (χ1n) is 11.6. The Morgan fingerprint density at radius 1 is 1.14 bits per heavy atom. The molecule has 0 radical (unpaired) electrons. The maximum Gasteiger partial charge on any atom is 0.328 e. The van der Waals surface area contributed by atoms with Crippen LogP contribution in [0.25, 0.3) is 0 Å². The molecule has 8 nitrogen and oxygen atoms in total. The number of halogens is 3. The van der Waals surface area contributed by atoms with Gasteiger partial charge >= 0.3 is 5.97 Å². The molecule has 0 aromatic heterocycles. The lowest BCUT2D eigenvalue weighted by Crippen LogP contribution is -2.45. The number of amides is 1. The normalized spacial score (nSPS) is 15.0. The number of piperazine rings is 1. The quantitative estimate of drug-likeness (QED) is 0.429. The lowest BCUT2D eigenvalue weighted by molar-refractivity contribution is -0.145. The van der Waals surface area contributed by atoms with Gasteiger partial charge in [-0.15, -0.1) is 12.4 Å². The van der Waals surface area contributed by atoms with Gasteiger partial charge in [0.25, 0.3) is 5.91 Å². The molecule has 1 aliphatic heterocycles. The first kappa shape index (κ1) is 30.0. The van der Waals surface area contributed by atoms with Crippen LogP contribution in [0.3, 0.4) is 0 Å². The van der Waals surface area contributed by atoms with Crippen molar-refractivity contribution in [2.24, 2.45) is 0 Å². The highest BCUT2D eigenvalue weighted by atomic mass is 35.5. The van der Waals surface area contributed by atoms with E-state index in [1.54, 1.807) is 6.92 Å². The number of ether oxygens (including phenoxy) is 2. The molecule has 1 saturated heterocycles. The minimum atomic E-state index is -0.957. The Morgan fingerprint density at radius 3 is 2.44 bits per heavy atom. The molecule has 0 bridgehead atoms. The smallest absolute Gasteiger partial charge is 0.328 e. The van der Waals surface area contributed by atoms with Crippen molar-refractivity contribution < 1.29 is 24.2 Å². The largest absolute Gasteiger partial charge is 0.505 e. The summed E-state index contributed by atoms with van der Waals surface area (Å²) < 4.78 is 10.9. The molecule has 2 N–H and O–H groups in total. The van der Waals surface area contributed by atoms with E-state index in [0.29, 0.717) is 13.2 Å². The van der Waals surface area contributed by atoms with Crippen LogP contribution in [0.5, 0.6) is 11.5 Å². The van der Waals surface area contributed by atoms with Gasteiger partial charge in [0.1, 0.15) is 17.7 Å². The van der Waals surface area contributed by atoms with E-state index in [0.717, 1.165) is 31.7 Å². The standard InChI is InChI=1S/C25H31Cl2N3O5.ClH/c1-3-34-25(33)20(15-17-7-5-4-6-8-17)28-24(32)18-16-19(26)23(21(27)22(18)31)35-14-13-30-11-9-29(2)10-12-30;/h4-8,16,20,31H,3,9-15H2,1-2H3,(H,28,32);1H/t20-;/m0./s1. The van der Waals surface area contributed by atoms with E-state index in [2.05, 4.69) is 22.2 Å². The zero-order chi connectivity index (χ0) is 25.4. The lowest BCUT2D eigenvalue weighted by atomic mass is 10.1. The van der Waals surface area contributed by atoms with Crippen LogP contribution in [0.15, 0.2) is 36.4 Å². The van der Waals surface area contributed by atoms with Gasteiger partial charge in [-0.2, -0.15) is 0 Å². The minimum Gasteiger partial charge on any atom is -0.505 e. The highest BCUT2D eigenvalue weighted by Crippen LogP contribution is 2.42. The summed E-state index contributed by atoms with van der Waals surface area (Å²) in [4.78, 5) is 30.0. The molecule has 1 amide bonds. The number of hydrogen-bond donors (Lipinski definition) is 2. The van der Waals surface area contributed by atoms with Crippen molar-refractivity contribution in [3.8, 4) is 11.5 Å². The van der Waals surface area contributed by atoms with Crippen molar-refractivity contribution >= 4 is 47.5 Å². The fourth-order valence-corrected chi connectivity index (χ4v) is 4.33. The van der Waals surface area contributed by atoms with Crippen molar-refractivity contribution in [2.45, 2.75) is 19.4 Å². The van der Waals surface area contributed by atoms with Crippen molar-refractivity contribution in [2.75, 3.05) is 53.0 Å². The molecule has 36 heavy (non-hydrogen) atoms. The summed E-state index contributed by atoms with van der Waals surface area (Å²) in [5.74, 6) is -1.64. The molecule has 3 rings (SSSR count). The molecule has 0 spiro atoms. The monoisotopic (exact) mass is 559 g/mol. The summed E-state index contributed by atoms with van der Waals surface area (Å²) in [6.45, 7) is 6.73. The van der Waals surface area contributed by atoms with Gasteiger partial charge in [-0.3, -0.25) is 9.69 Å². The van der Waals surface area contributed by atoms with E-state index < -0.39 is 23.7 Å². The molecular weight excluding hydrogens is 529 g/mol. The van der Waals surface area contributed by atoms with Crippen LogP contribution < -0.4 is 10.1 Å². The SMILES string of the molecule is CCOC(=O)[C@H](Cc1ccccc1)NC(=O)c1cc(Cl)c(OCCN2CCN(C)CC2)c(Cl)c1O.Cl. The molecule has 1 heterocycles. The highest BCUT2D eigenvalue weighted by Gasteiger charge is 2.27. The summed E-state index contributed by atoms with van der Waals surface area (Å²) in [6, 6.07) is 9.56. The van der Waals surface area contributed by atoms with Gasteiger partial charge in [0.2, 0.25) is 0 Å². The van der Waals surface area contributed by atoms with E-state index in [9.17, 15) is 14.7 Å². The van der Waals surface area contributed by atoms with E-state index >= 15 is 0 Å². The van der Waals surface area contributed by atoms with Gasteiger partial charge in [-0.05, 0) is 25.6 Å². The van der Waals surface area contributed by atoms with Gasteiger partial charge in [0.15, 0.2) is 11.5 Å². The summed E-state index contributed by atoms with van der Waals surface area (Å²) >= 11 is 12.7. The number of aromatic hydroxyl groups is 1. The van der Waals surface area contributed by atoms with Crippen LogP contribution in [0, 0.1) is 0 Å². The number of esters is 1. The summed E-state index contributed by atoms with van der Waals surface area (Å²) in [6.07, 6.45) is 0.223. The zero-order valence-electron chi connectivity index (χ0n) is 20.3. The average Bonchev–Trinajstić information content (AvgIpc) is 2.85. The third kappa shape index (κ3) is 8.15. The van der Waals surface area contributed by atoms with Crippen LogP contribution in [0.2, 0.25) is 10.0 Å². The van der Waals surface area contributed by atoms with Gasteiger partial charge < -0.3 is 24.8 Å². The third-order valence-electron chi connectivity index (χ3n) is 5.80. The first-order chi connectivity index (χ1) is 16.8. The van der Waals surface area contributed by atoms with Crippen LogP contribution >= 0.6 is 35.6 Å². The van der Waals surface area contributed by atoms with Crippen LogP contribution in [-0.2, 0) is 16.0 Å². The number of hydrogen-bond acceptors (Lipinski definition) is 7. The van der Waals surface area contributed by atoms with Gasteiger partial charge in [0.05, 0.1) is 17.2 Å². The molecule has 198 valence electrons. The van der Waals surface area contributed by atoms with Crippen LogP contribution in [0.4, 0.5) is 0 Å². The van der Waals surface area contributed by atoms with Gasteiger partial charge in [-0.1, -0.05) is 53.5 Å².